The van der Waals surface area contributed by atoms with Gasteiger partial charge in [0, 0.05) is 17.2 Å². The number of esters is 1. The number of benzene rings is 3. The Morgan fingerprint density at radius 1 is 0.941 bits per heavy atom. The molecular weight excluding hydrogens is 483 g/mol. The number of halogens is 2. The molecule has 2 aliphatic heterocycles. The van der Waals surface area contributed by atoms with Crippen LogP contribution in [0, 0.1) is 0 Å². The average molecular weight is 495 g/mol. The maximum Gasteiger partial charge on any atom is 0.340 e. The summed E-state index contributed by atoms with van der Waals surface area (Å²) in [6.45, 7) is 0. The fourth-order valence-electron chi connectivity index (χ4n) is 4.33. The first kappa shape index (κ1) is 20.5. The van der Waals surface area contributed by atoms with Gasteiger partial charge in [-0.3, -0.25) is 0 Å². The quantitative estimate of drug-likeness (QED) is 0.263. The van der Waals surface area contributed by atoms with Gasteiger partial charge in [-0.1, -0.05) is 41.4 Å². The van der Waals surface area contributed by atoms with Crippen LogP contribution >= 0.6 is 23.2 Å². The molecule has 0 saturated carbocycles. The normalized spacial score (nSPS) is 17.4. The largest absolute Gasteiger partial charge is 0.508 e. The molecule has 3 N–H and O–H groups in total. The van der Waals surface area contributed by atoms with E-state index in [1.54, 1.807) is 36.4 Å². The molecule has 168 valence electrons. The summed E-state index contributed by atoms with van der Waals surface area (Å²) in [6, 6.07) is 14.6. The minimum atomic E-state index is -1.39. The van der Waals surface area contributed by atoms with Crippen LogP contribution in [0.5, 0.6) is 23.0 Å². The lowest BCUT2D eigenvalue weighted by atomic mass is 9.77. The van der Waals surface area contributed by atoms with Gasteiger partial charge in [-0.15, -0.1) is 10.2 Å². The van der Waals surface area contributed by atoms with E-state index < -0.39 is 11.6 Å². The first-order chi connectivity index (χ1) is 16.4. The van der Waals surface area contributed by atoms with Crippen LogP contribution in [0.3, 0.4) is 0 Å². The van der Waals surface area contributed by atoms with E-state index in [9.17, 15) is 15.0 Å². The Labute approximate surface area is 201 Å². The molecule has 1 aromatic heterocycles. The third-order valence-electron chi connectivity index (χ3n) is 5.75. The number of hydrogen-bond donors (Lipinski definition) is 3. The smallest absolute Gasteiger partial charge is 0.340 e. The third kappa shape index (κ3) is 2.74. The zero-order valence-electron chi connectivity index (χ0n) is 16.9. The molecule has 4 aromatic rings. The Bertz CT molecular complexity index is 1530. The number of ether oxygens (including phenoxy) is 2. The molecule has 0 radical (unpaired) electrons. The van der Waals surface area contributed by atoms with E-state index in [4.69, 9.17) is 32.7 Å². The maximum atomic E-state index is 12.9. The third-order valence-corrected chi connectivity index (χ3v) is 6.47. The maximum absolute atomic E-state index is 12.9. The monoisotopic (exact) mass is 494 g/mol. The fraction of sp³-hybridized carbons (Fsp3) is 0.0435. The van der Waals surface area contributed by atoms with Crippen molar-refractivity contribution < 1.29 is 24.5 Å². The van der Waals surface area contributed by atoms with Crippen LogP contribution in [-0.2, 0) is 10.3 Å². The number of aromatic nitrogens is 3. The van der Waals surface area contributed by atoms with Crippen LogP contribution in [0.1, 0.15) is 27.0 Å². The summed E-state index contributed by atoms with van der Waals surface area (Å²) in [5, 5.41) is 34.6. The van der Waals surface area contributed by atoms with Crippen LogP contribution in [0.4, 0.5) is 11.5 Å². The lowest BCUT2D eigenvalue weighted by molar-refractivity contribution is 0.0224. The molecule has 6 rings (SSSR count). The van der Waals surface area contributed by atoms with Crippen LogP contribution in [0.15, 0.2) is 54.6 Å². The highest BCUT2D eigenvalue weighted by atomic mass is 35.5. The Kier molecular flexibility index (Phi) is 4.35. The van der Waals surface area contributed by atoms with E-state index in [1.165, 1.54) is 18.2 Å². The molecular formula is C23H12Cl2N4O5. The van der Waals surface area contributed by atoms with Crippen LogP contribution in [0.2, 0.25) is 10.2 Å². The zero-order valence-corrected chi connectivity index (χ0v) is 18.4. The van der Waals surface area contributed by atoms with Crippen molar-refractivity contribution in [3.8, 4) is 23.0 Å². The molecule has 9 nitrogen and oxygen atoms in total. The predicted octanol–water partition coefficient (Wildman–Crippen LogP) is 4.90. The van der Waals surface area contributed by atoms with E-state index in [0.717, 1.165) is 0 Å². The highest BCUT2D eigenvalue weighted by Crippen LogP contribution is 2.59. The second-order valence-electron chi connectivity index (χ2n) is 7.60. The van der Waals surface area contributed by atoms with Crippen molar-refractivity contribution in [2.45, 2.75) is 5.60 Å². The molecule has 11 heteroatoms. The van der Waals surface area contributed by atoms with Crippen molar-refractivity contribution >= 4 is 40.7 Å². The molecule has 0 aliphatic carbocycles. The summed E-state index contributed by atoms with van der Waals surface area (Å²) in [5.74, 6) is -0.391. The molecule has 1 spiro atoms. The molecule has 34 heavy (non-hydrogen) atoms. The number of aromatic hydroxyl groups is 2. The molecule has 3 heterocycles. The Morgan fingerprint density at radius 2 is 1.74 bits per heavy atom. The minimum absolute atomic E-state index is 0.0186. The summed E-state index contributed by atoms with van der Waals surface area (Å²) < 4.78 is 12.2. The highest BCUT2D eigenvalue weighted by Gasteiger charge is 2.54. The Morgan fingerprint density at radius 3 is 2.59 bits per heavy atom. The van der Waals surface area contributed by atoms with Gasteiger partial charge in [0.25, 0.3) is 0 Å². The number of hydrogen-bond acceptors (Lipinski definition) is 9. The van der Waals surface area contributed by atoms with E-state index in [1.807, 2.05) is 0 Å². The van der Waals surface area contributed by atoms with Gasteiger partial charge in [-0.05, 0) is 35.5 Å². The van der Waals surface area contributed by atoms with Gasteiger partial charge in [0.1, 0.15) is 28.0 Å². The van der Waals surface area contributed by atoms with E-state index >= 15 is 0 Å². The molecule has 1 unspecified atom stereocenters. The van der Waals surface area contributed by atoms with Gasteiger partial charge in [-0.2, -0.15) is 0 Å². The van der Waals surface area contributed by atoms with Gasteiger partial charge in [0.15, 0.2) is 22.3 Å². The molecule has 0 saturated heterocycles. The first-order valence-corrected chi connectivity index (χ1v) is 10.7. The van der Waals surface area contributed by atoms with Crippen molar-refractivity contribution in [2.24, 2.45) is 0 Å². The number of phenolic OH excluding ortho intramolecular Hbond substituents is 2. The lowest BCUT2D eigenvalue weighted by Crippen LogP contribution is -2.33. The molecule has 0 fully saturated rings. The molecule has 1 atom stereocenters. The summed E-state index contributed by atoms with van der Waals surface area (Å²) in [5.41, 5.74) is 0.625. The van der Waals surface area contributed by atoms with Crippen molar-refractivity contribution in [1.82, 2.24) is 15.4 Å². The number of carbonyl (C=O) groups excluding carboxylic acids is 1. The van der Waals surface area contributed by atoms with Crippen molar-refractivity contribution in [2.75, 3.05) is 5.32 Å². The number of phenols is 2. The minimum Gasteiger partial charge on any atom is -0.508 e. The number of nitrogens with zero attached hydrogens (tertiary/aromatic N) is 3. The number of rotatable bonds is 2. The number of fused-ring (bicyclic) bond motifs is 6. The van der Waals surface area contributed by atoms with Gasteiger partial charge >= 0.3 is 5.97 Å². The predicted molar refractivity (Wildman–Crippen MR) is 121 cm³/mol. The highest BCUT2D eigenvalue weighted by molar-refractivity contribution is 6.42. The summed E-state index contributed by atoms with van der Waals surface area (Å²) in [6.07, 6.45) is 0. The molecule has 3 aromatic carbocycles. The topological polar surface area (TPSA) is 127 Å². The summed E-state index contributed by atoms with van der Waals surface area (Å²) in [7, 11) is 0. The summed E-state index contributed by atoms with van der Waals surface area (Å²) >= 11 is 12.2. The van der Waals surface area contributed by atoms with E-state index in [-0.39, 0.29) is 44.7 Å². The van der Waals surface area contributed by atoms with E-state index in [0.29, 0.717) is 22.3 Å². The second kappa shape index (κ2) is 7.21. The molecule has 2 aliphatic rings. The molecule has 0 bridgehead atoms. The second-order valence-corrected chi connectivity index (χ2v) is 8.34. The Balaban J connectivity index is 1.65. The SMILES string of the molecule is O=C1OC2(c3ccc(O)cc3Oc3c2ccc(O)c3Nc2nnnc(Cl)c2Cl)c2ccccc21. The lowest BCUT2D eigenvalue weighted by Gasteiger charge is -2.37. The van der Waals surface area contributed by atoms with Gasteiger partial charge in [0.2, 0.25) is 0 Å². The van der Waals surface area contributed by atoms with E-state index in [2.05, 4.69) is 20.7 Å². The van der Waals surface area contributed by atoms with Crippen molar-refractivity contribution in [3.05, 3.63) is 87.0 Å². The fourth-order valence-corrected chi connectivity index (χ4v) is 4.57. The van der Waals surface area contributed by atoms with Gasteiger partial charge < -0.3 is 25.0 Å². The average Bonchev–Trinajstić information content (AvgIpc) is 3.11. The van der Waals surface area contributed by atoms with Crippen LogP contribution in [0.25, 0.3) is 0 Å². The number of carbonyl (C=O) groups is 1. The number of anilines is 2. The van der Waals surface area contributed by atoms with Crippen LogP contribution in [-0.4, -0.2) is 31.6 Å². The van der Waals surface area contributed by atoms with Crippen molar-refractivity contribution in [3.63, 3.8) is 0 Å². The zero-order chi connectivity index (χ0) is 23.6. The summed E-state index contributed by atoms with van der Waals surface area (Å²) in [4.78, 5) is 12.9. The van der Waals surface area contributed by atoms with Crippen LogP contribution < -0.4 is 10.1 Å². The first-order valence-electron chi connectivity index (χ1n) is 9.92. The van der Waals surface area contributed by atoms with Crippen molar-refractivity contribution in [1.29, 1.82) is 0 Å². The van der Waals surface area contributed by atoms with Gasteiger partial charge in [0.05, 0.1) is 11.1 Å². The van der Waals surface area contributed by atoms with Gasteiger partial charge in [-0.25, -0.2) is 4.79 Å². The number of nitrogens with one attached hydrogen (secondary N) is 1. The molecule has 0 amide bonds. The standard InChI is InChI=1S/C23H12Cl2N4O5/c24-17-20(25)27-29-28-21(17)26-18-15(31)8-7-14-19(18)33-16-9-10(30)5-6-13(16)23(14)12-4-2-1-3-11(12)22(32)34-23/h1-9,30-31H,(H,26,27,28). The Hall–Kier alpha value is -4.08.